The Morgan fingerprint density at radius 1 is 1.54 bits per heavy atom. The molecule has 70 valence electrons. The zero-order valence-electron chi connectivity index (χ0n) is 6.71. The molecule has 0 fully saturated rings. The van der Waals surface area contributed by atoms with Crippen LogP contribution in [0.5, 0.6) is 5.75 Å². The van der Waals surface area contributed by atoms with Gasteiger partial charge in [-0.05, 0) is 6.07 Å². The number of aliphatic hydroxyl groups excluding tert-OH is 1. The number of halogens is 2. The molecule has 1 N–H and O–H groups in total. The standard InChI is InChI=1S/C9H8BrClO2/c10-6-4-13-9-5(8(6)12)2-1-3-7(9)11/h1-3,6,8,12H,4H2. The average molecular weight is 264 g/mol. The van der Waals surface area contributed by atoms with Crippen molar-refractivity contribution in [2.24, 2.45) is 0 Å². The molecule has 2 nitrogen and oxygen atoms in total. The van der Waals surface area contributed by atoms with Crippen LogP contribution in [0.15, 0.2) is 18.2 Å². The summed E-state index contributed by atoms with van der Waals surface area (Å²) in [5.74, 6) is 0.604. The van der Waals surface area contributed by atoms with E-state index in [9.17, 15) is 5.11 Å². The molecule has 1 heterocycles. The van der Waals surface area contributed by atoms with Gasteiger partial charge in [0, 0.05) is 5.56 Å². The predicted molar refractivity (Wildman–Crippen MR) is 54.6 cm³/mol. The van der Waals surface area contributed by atoms with Gasteiger partial charge in [-0.3, -0.25) is 0 Å². The number of fused-ring (bicyclic) bond motifs is 1. The molecule has 2 atom stereocenters. The molecule has 13 heavy (non-hydrogen) atoms. The van der Waals surface area contributed by atoms with E-state index in [-0.39, 0.29) is 4.83 Å². The van der Waals surface area contributed by atoms with Crippen LogP contribution in [0.4, 0.5) is 0 Å². The average Bonchev–Trinajstić information content (AvgIpc) is 2.12. The van der Waals surface area contributed by atoms with Crippen LogP contribution in [0.2, 0.25) is 5.02 Å². The van der Waals surface area contributed by atoms with E-state index in [0.29, 0.717) is 17.4 Å². The van der Waals surface area contributed by atoms with Gasteiger partial charge in [0.05, 0.1) is 16.0 Å². The van der Waals surface area contributed by atoms with E-state index in [1.807, 2.05) is 6.07 Å². The number of para-hydroxylation sites is 1. The predicted octanol–water partition coefficient (Wildman–Crippen LogP) is 2.53. The molecule has 4 heteroatoms. The molecule has 2 rings (SSSR count). The Bertz CT molecular complexity index is 329. The van der Waals surface area contributed by atoms with Crippen LogP contribution in [0.3, 0.4) is 0 Å². The third-order valence-corrected chi connectivity index (χ3v) is 3.11. The van der Waals surface area contributed by atoms with Crippen molar-refractivity contribution in [3.8, 4) is 5.75 Å². The van der Waals surface area contributed by atoms with Gasteiger partial charge in [0.1, 0.15) is 12.4 Å². The highest BCUT2D eigenvalue weighted by Gasteiger charge is 2.28. The first-order valence-corrected chi connectivity index (χ1v) is 5.23. The number of benzene rings is 1. The molecule has 0 radical (unpaired) electrons. The van der Waals surface area contributed by atoms with E-state index in [1.165, 1.54) is 0 Å². The van der Waals surface area contributed by atoms with Crippen molar-refractivity contribution in [3.05, 3.63) is 28.8 Å². The van der Waals surface area contributed by atoms with Crippen LogP contribution in [-0.4, -0.2) is 16.5 Å². The Morgan fingerprint density at radius 2 is 2.31 bits per heavy atom. The van der Waals surface area contributed by atoms with Crippen LogP contribution < -0.4 is 4.74 Å². The summed E-state index contributed by atoms with van der Waals surface area (Å²) in [6.45, 7) is 0.442. The molecule has 0 spiro atoms. The normalized spacial score (nSPS) is 26.4. The second kappa shape index (κ2) is 3.48. The highest BCUT2D eigenvalue weighted by molar-refractivity contribution is 9.09. The Kier molecular flexibility index (Phi) is 2.49. The topological polar surface area (TPSA) is 29.5 Å². The summed E-state index contributed by atoms with van der Waals surface area (Å²) in [7, 11) is 0. The van der Waals surface area contributed by atoms with Gasteiger partial charge in [0.2, 0.25) is 0 Å². The SMILES string of the molecule is OC1c2cccc(Cl)c2OCC1Br. The maximum Gasteiger partial charge on any atom is 0.143 e. The first-order chi connectivity index (χ1) is 6.20. The van der Waals surface area contributed by atoms with Crippen molar-refractivity contribution in [2.75, 3.05) is 6.61 Å². The van der Waals surface area contributed by atoms with Gasteiger partial charge in [0.15, 0.2) is 0 Å². The summed E-state index contributed by atoms with van der Waals surface area (Å²) >= 11 is 9.23. The smallest absolute Gasteiger partial charge is 0.143 e. The lowest BCUT2D eigenvalue weighted by molar-refractivity contribution is 0.125. The fraction of sp³-hybridized carbons (Fsp3) is 0.333. The quantitative estimate of drug-likeness (QED) is 0.729. The van der Waals surface area contributed by atoms with Crippen molar-refractivity contribution >= 4 is 27.5 Å². The van der Waals surface area contributed by atoms with Gasteiger partial charge < -0.3 is 9.84 Å². The van der Waals surface area contributed by atoms with Crippen molar-refractivity contribution in [1.29, 1.82) is 0 Å². The minimum absolute atomic E-state index is 0.0570. The lowest BCUT2D eigenvalue weighted by Crippen LogP contribution is -2.25. The molecule has 1 aromatic rings. The highest BCUT2D eigenvalue weighted by atomic mass is 79.9. The third-order valence-electron chi connectivity index (χ3n) is 2.05. The summed E-state index contributed by atoms with van der Waals surface area (Å²) in [5.41, 5.74) is 0.751. The maximum absolute atomic E-state index is 9.77. The zero-order valence-corrected chi connectivity index (χ0v) is 9.05. The summed E-state index contributed by atoms with van der Waals surface area (Å²) in [4.78, 5) is -0.0570. The van der Waals surface area contributed by atoms with Crippen LogP contribution in [-0.2, 0) is 0 Å². The third kappa shape index (κ3) is 1.56. The molecule has 0 aliphatic carbocycles. The minimum atomic E-state index is -0.539. The Labute approximate surface area is 89.6 Å². The fourth-order valence-corrected chi connectivity index (χ4v) is 2.01. The lowest BCUT2D eigenvalue weighted by atomic mass is 10.0. The summed E-state index contributed by atoms with van der Waals surface area (Å²) in [5, 5.41) is 10.3. The van der Waals surface area contributed by atoms with Crippen LogP contribution in [0.1, 0.15) is 11.7 Å². The van der Waals surface area contributed by atoms with Crippen molar-refractivity contribution in [1.82, 2.24) is 0 Å². The lowest BCUT2D eigenvalue weighted by Gasteiger charge is -2.27. The molecule has 1 aliphatic heterocycles. The zero-order chi connectivity index (χ0) is 9.42. The number of alkyl halides is 1. The molecule has 1 aliphatic rings. The minimum Gasteiger partial charge on any atom is -0.490 e. The first kappa shape index (κ1) is 9.31. The van der Waals surface area contributed by atoms with E-state index in [0.717, 1.165) is 5.56 Å². The molecule has 2 unspecified atom stereocenters. The van der Waals surface area contributed by atoms with Gasteiger partial charge >= 0.3 is 0 Å². The molecular weight excluding hydrogens is 255 g/mol. The number of ether oxygens (including phenoxy) is 1. The number of aliphatic hydroxyl groups is 1. The second-order valence-corrected chi connectivity index (χ2v) is 4.51. The van der Waals surface area contributed by atoms with Gasteiger partial charge in [-0.15, -0.1) is 0 Å². The molecule has 0 bridgehead atoms. The fourth-order valence-electron chi connectivity index (χ4n) is 1.36. The largest absolute Gasteiger partial charge is 0.490 e. The number of rotatable bonds is 0. The number of hydrogen-bond acceptors (Lipinski definition) is 2. The second-order valence-electron chi connectivity index (χ2n) is 2.93. The Balaban J connectivity index is 2.49. The van der Waals surface area contributed by atoms with Gasteiger partial charge in [-0.2, -0.15) is 0 Å². The highest BCUT2D eigenvalue weighted by Crippen LogP contribution is 2.39. The summed E-state index contributed by atoms with van der Waals surface area (Å²) < 4.78 is 5.40. The van der Waals surface area contributed by atoms with E-state index in [2.05, 4.69) is 15.9 Å². The summed E-state index contributed by atoms with van der Waals surface area (Å²) in [6, 6.07) is 5.37. The molecule has 0 aromatic heterocycles. The molecule has 1 aromatic carbocycles. The van der Waals surface area contributed by atoms with Crippen molar-refractivity contribution in [2.45, 2.75) is 10.9 Å². The van der Waals surface area contributed by atoms with E-state index < -0.39 is 6.10 Å². The van der Waals surface area contributed by atoms with E-state index >= 15 is 0 Å². The van der Waals surface area contributed by atoms with Gasteiger partial charge in [-0.1, -0.05) is 39.7 Å². The summed E-state index contributed by atoms with van der Waals surface area (Å²) in [6.07, 6.45) is -0.539. The first-order valence-electron chi connectivity index (χ1n) is 3.93. The van der Waals surface area contributed by atoms with Crippen LogP contribution in [0.25, 0.3) is 0 Å². The Morgan fingerprint density at radius 3 is 3.08 bits per heavy atom. The van der Waals surface area contributed by atoms with Gasteiger partial charge in [-0.25, -0.2) is 0 Å². The van der Waals surface area contributed by atoms with E-state index in [1.54, 1.807) is 12.1 Å². The van der Waals surface area contributed by atoms with Crippen molar-refractivity contribution < 1.29 is 9.84 Å². The molecular formula is C9H8BrClO2. The number of hydrogen-bond donors (Lipinski definition) is 1. The molecule has 0 amide bonds. The van der Waals surface area contributed by atoms with Crippen molar-refractivity contribution in [3.63, 3.8) is 0 Å². The van der Waals surface area contributed by atoms with Crippen LogP contribution in [0, 0.1) is 0 Å². The monoisotopic (exact) mass is 262 g/mol. The molecule has 0 saturated carbocycles. The Hall–Kier alpha value is -0.250. The van der Waals surface area contributed by atoms with Gasteiger partial charge in [0.25, 0.3) is 0 Å². The maximum atomic E-state index is 9.77. The van der Waals surface area contributed by atoms with Crippen LogP contribution >= 0.6 is 27.5 Å². The molecule has 0 saturated heterocycles. The van der Waals surface area contributed by atoms with E-state index in [4.69, 9.17) is 16.3 Å².